The minimum Gasteiger partial charge on any atom is -0.432 e. The molecule has 0 saturated heterocycles. The van der Waals surface area contributed by atoms with Crippen molar-refractivity contribution in [3.63, 3.8) is 0 Å². The molecule has 0 amide bonds. The van der Waals surface area contributed by atoms with Crippen LogP contribution in [0.3, 0.4) is 0 Å². The van der Waals surface area contributed by atoms with Gasteiger partial charge in [-0.05, 0) is 30.3 Å². The van der Waals surface area contributed by atoms with Crippen LogP contribution >= 0.6 is 0 Å². The molecular weight excluding hydrogens is 326 g/mol. The van der Waals surface area contributed by atoms with Gasteiger partial charge in [0.05, 0.1) is 5.69 Å². The molecule has 122 valence electrons. The van der Waals surface area contributed by atoms with E-state index in [1.165, 1.54) is 12.3 Å². The van der Waals surface area contributed by atoms with E-state index in [9.17, 15) is 8.78 Å². The quantitative estimate of drug-likeness (QED) is 0.486. The first-order chi connectivity index (χ1) is 12.2. The van der Waals surface area contributed by atoms with Crippen molar-refractivity contribution < 1.29 is 13.2 Å². The molecule has 0 unspecified atom stereocenters. The van der Waals surface area contributed by atoms with Crippen LogP contribution in [0.15, 0.2) is 65.8 Å². The summed E-state index contributed by atoms with van der Waals surface area (Å²) in [5.41, 5.74) is 3.37. The molecule has 0 saturated carbocycles. The van der Waals surface area contributed by atoms with Gasteiger partial charge in [0, 0.05) is 35.9 Å². The Morgan fingerprint density at radius 2 is 1.84 bits per heavy atom. The number of pyridine rings is 1. The number of fused-ring (bicyclic) bond motifs is 2. The number of imidazole rings is 2. The monoisotopic (exact) mass is 336 g/mol. The number of hydrogen-bond donors (Lipinski definition) is 0. The molecule has 0 radical (unpaired) electrons. The van der Waals surface area contributed by atoms with Crippen molar-refractivity contribution in [1.29, 1.82) is 0 Å². The summed E-state index contributed by atoms with van der Waals surface area (Å²) in [6.45, 7) is 0. The summed E-state index contributed by atoms with van der Waals surface area (Å²) < 4.78 is 36.0. The van der Waals surface area contributed by atoms with Crippen LogP contribution in [0.4, 0.5) is 8.78 Å². The third-order valence-electron chi connectivity index (χ3n) is 4.12. The number of benzene rings is 1. The molecule has 0 N–H and O–H groups in total. The number of rotatable bonds is 2. The van der Waals surface area contributed by atoms with Crippen molar-refractivity contribution in [2.45, 2.75) is 0 Å². The Morgan fingerprint density at radius 3 is 2.72 bits per heavy atom. The number of hydrogen-bond acceptors (Lipinski definition) is 3. The first-order valence-electron chi connectivity index (χ1n) is 7.55. The molecule has 1 aromatic carbocycles. The van der Waals surface area contributed by atoms with Gasteiger partial charge in [-0.2, -0.15) is 4.98 Å². The summed E-state index contributed by atoms with van der Waals surface area (Å²) in [7, 11) is 0. The smallest absolute Gasteiger partial charge is 0.306 e. The van der Waals surface area contributed by atoms with Crippen LogP contribution in [0.5, 0.6) is 0 Å². The lowest BCUT2D eigenvalue weighted by Crippen LogP contribution is -1.92. The number of oxazole rings is 1. The van der Waals surface area contributed by atoms with Crippen molar-refractivity contribution in [2.24, 2.45) is 0 Å². The van der Waals surface area contributed by atoms with Crippen LogP contribution in [-0.2, 0) is 0 Å². The molecule has 7 heteroatoms. The highest BCUT2D eigenvalue weighted by Crippen LogP contribution is 2.33. The molecule has 0 aliphatic rings. The van der Waals surface area contributed by atoms with Crippen LogP contribution in [-0.4, -0.2) is 18.8 Å². The fourth-order valence-corrected chi connectivity index (χ4v) is 2.97. The summed E-state index contributed by atoms with van der Waals surface area (Å²) in [6.07, 6.45) is 8.71. The van der Waals surface area contributed by atoms with E-state index in [-0.39, 0.29) is 0 Å². The van der Waals surface area contributed by atoms with Crippen LogP contribution in [0.1, 0.15) is 0 Å². The lowest BCUT2D eigenvalue weighted by Gasteiger charge is -2.06. The SMILES string of the molecule is Fc1ccc(-c2nc3occn3c2-c2ccc3nccn3c2)cc1F. The molecule has 0 fully saturated rings. The van der Waals surface area contributed by atoms with Gasteiger partial charge in [-0.1, -0.05) is 0 Å². The van der Waals surface area contributed by atoms with E-state index in [0.717, 1.165) is 29.0 Å². The van der Waals surface area contributed by atoms with Gasteiger partial charge in [0.2, 0.25) is 0 Å². The van der Waals surface area contributed by atoms with Gasteiger partial charge in [0.25, 0.3) is 0 Å². The van der Waals surface area contributed by atoms with Crippen molar-refractivity contribution in [3.05, 3.63) is 73.0 Å². The predicted octanol–water partition coefficient (Wildman–Crippen LogP) is 4.19. The van der Waals surface area contributed by atoms with Crippen molar-refractivity contribution in [3.8, 4) is 22.5 Å². The maximum absolute atomic E-state index is 13.7. The highest BCUT2D eigenvalue weighted by Gasteiger charge is 2.19. The molecule has 0 aliphatic heterocycles. The molecule has 0 bridgehead atoms. The second kappa shape index (κ2) is 5.01. The Labute approximate surface area is 139 Å². The van der Waals surface area contributed by atoms with E-state index >= 15 is 0 Å². The highest BCUT2D eigenvalue weighted by molar-refractivity contribution is 5.81. The summed E-state index contributed by atoms with van der Waals surface area (Å²) in [5.74, 6) is -1.44. The number of aromatic nitrogens is 4. The zero-order valence-corrected chi connectivity index (χ0v) is 12.7. The van der Waals surface area contributed by atoms with Crippen LogP contribution < -0.4 is 0 Å². The van der Waals surface area contributed by atoms with Gasteiger partial charge < -0.3 is 8.82 Å². The molecule has 25 heavy (non-hydrogen) atoms. The largest absolute Gasteiger partial charge is 0.432 e. The Kier molecular flexibility index (Phi) is 2.79. The second-order valence-corrected chi connectivity index (χ2v) is 5.60. The molecule has 0 atom stereocenters. The summed E-state index contributed by atoms with van der Waals surface area (Å²) in [4.78, 5) is 8.67. The van der Waals surface area contributed by atoms with E-state index in [1.54, 1.807) is 16.8 Å². The topological polar surface area (TPSA) is 47.7 Å². The third kappa shape index (κ3) is 2.06. The van der Waals surface area contributed by atoms with E-state index in [2.05, 4.69) is 9.97 Å². The van der Waals surface area contributed by atoms with E-state index in [0.29, 0.717) is 17.1 Å². The molecule has 5 nitrogen and oxygen atoms in total. The lowest BCUT2D eigenvalue weighted by molar-refractivity contribution is 0.509. The van der Waals surface area contributed by atoms with Gasteiger partial charge in [0.1, 0.15) is 17.6 Å². The van der Waals surface area contributed by atoms with Crippen LogP contribution in [0.2, 0.25) is 0 Å². The minimum absolute atomic E-state index is 0.375. The van der Waals surface area contributed by atoms with Gasteiger partial charge in [-0.25, -0.2) is 13.8 Å². The first kappa shape index (κ1) is 13.9. The Hall–Kier alpha value is -3.48. The van der Waals surface area contributed by atoms with E-state index < -0.39 is 11.6 Å². The van der Waals surface area contributed by atoms with Crippen LogP contribution in [0.25, 0.3) is 34.0 Å². The highest BCUT2D eigenvalue weighted by atomic mass is 19.2. The Bertz CT molecular complexity index is 1230. The van der Waals surface area contributed by atoms with Gasteiger partial charge in [0.15, 0.2) is 11.6 Å². The van der Waals surface area contributed by atoms with E-state index in [1.807, 2.05) is 28.9 Å². The van der Waals surface area contributed by atoms with Gasteiger partial charge in [-0.15, -0.1) is 0 Å². The number of halogens is 2. The average Bonchev–Trinajstić information content (AvgIpc) is 3.31. The van der Waals surface area contributed by atoms with Crippen molar-refractivity contribution >= 4 is 11.5 Å². The zero-order chi connectivity index (χ0) is 17.0. The third-order valence-corrected chi connectivity index (χ3v) is 4.12. The van der Waals surface area contributed by atoms with E-state index in [4.69, 9.17) is 4.42 Å². The normalized spacial score (nSPS) is 11.6. The summed E-state index contributed by atoms with van der Waals surface area (Å²) in [5, 5.41) is 0. The van der Waals surface area contributed by atoms with Crippen molar-refractivity contribution in [2.75, 3.05) is 0 Å². The maximum atomic E-state index is 13.7. The molecule has 4 aromatic heterocycles. The molecule has 0 aliphatic carbocycles. The summed E-state index contributed by atoms with van der Waals surface area (Å²) in [6, 6.07) is 7.51. The van der Waals surface area contributed by atoms with Crippen molar-refractivity contribution in [1.82, 2.24) is 18.8 Å². The van der Waals surface area contributed by atoms with Gasteiger partial charge >= 0.3 is 5.84 Å². The molecular formula is C18H10F2N4O. The lowest BCUT2D eigenvalue weighted by atomic mass is 10.1. The summed E-state index contributed by atoms with van der Waals surface area (Å²) >= 11 is 0. The fourth-order valence-electron chi connectivity index (χ4n) is 2.97. The Morgan fingerprint density at radius 1 is 0.960 bits per heavy atom. The average molecular weight is 336 g/mol. The number of nitrogens with zero attached hydrogens (tertiary/aromatic N) is 4. The minimum atomic E-state index is -0.918. The second-order valence-electron chi connectivity index (χ2n) is 5.60. The Balaban J connectivity index is 1.80. The molecule has 0 spiro atoms. The van der Waals surface area contributed by atoms with Gasteiger partial charge in [-0.3, -0.25) is 4.40 Å². The fraction of sp³-hybridized carbons (Fsp3) is 0. The predicted molar refractivity (Wildman–Crippen MR) is 87.0 cm³/mol. The maximum Gasteiger partial charge on any atom is 0.306 e. The van der Waals surface area contributed by atoms with Crippen LogP contribution in [0, 0.1) is 11.6 Å². The molecule has 4 heterocycles. The molecule has 5 rings (SSSR count). The zero-order valence-electron chi connectivity index (χ0n) is 12.7. The molecule has 5 aromatic rings. The first-order valence-corrected chi connectivity index (χ1v) is 7.55. The standard InChI is InChI=1S/C18H10F2N4O/c19-13-3-1-11(9-14(13)20)16-17(24-7-8-25-18(24)22-16)12-2-4-15-21-5-6-23(15)10-12/h1-10H.